The molecule has 0 amide bonds. The number of thiazole rings is 1. The summed E-state index contributed by atoms with van der Waals surface area (Å²) in [5.74, 6) is 0.914. The highest BCUT2D eigenvalue weighted by Crippen LogP contribution is 2.29. The number of aromatic nitrogens is 1. The predicted octanol–water partition coefficient (Wildman–Crippen LogP) is 2.92. The molecule has 0 bridgehead atoms. The maximum absolute atomic E-state index is 5.40. The van der Waals surface area contributed by atoms with Gasteiger partial charge in [-0.05, 0) is 13.0 Å². The average Bonchev–Trinajstić information content (AvgIpc) is 2.48. The van der Waals surface area contributed by atoms with Crippen molar-refractivity contribution in [1.82, 2.24) is 4.98 Å². The predicted molar refractivity (Wildman–Crippen MR) is 56.4 cm³/mol. The molecule has 0 aliphatic carbocycles. The minimum atomic E-state index is 0.193. The summed E-state index contributed by atoms with van der Waals surface area (Å²) in [5, 5.41) is 0. The van der Waals surface area contributed by atoms with Gasteiger partial charge in [-0.25, -0.2) is 0 Å². The summed E-state index contributed by atoms with van der Waals surface area (Å²) in [4.78, 5) is 4.33. The first-order valence-electron chi connectivity index (χ1n) is 4.27. The van der Waals surface area contributed by atoms with E-state index >= 15 is 0 Å². The van der Waals surface area contributed by atoms with Crippen LogP contribution in [0.3, 0.4) is 0 Å². The van der Waals surface area contributed by atoms with Crippen molar-refractivity contribution in [2.75, 3.05) is 6.61 Å². The molecule has 0 saturated heterocycles. The second-order valence-corrected chi connectivity index (χ2v) is 4.62. The van der Waals surface area contributed by atoms with Gasteiger partial charge < -0.3 is 4.74 Å². The van der Waals surface area contributed by atoms with Crippen LogP contribution in [0.5, 0.6) is 5.75 Å². The summed E-state index contributed by atoms with van der Waals surface area (Å²) in [6, 6.07) is 6.13. The minimum absolute atomic E-state index is 0.193. The molecule has 0 radical (unpaired) electrons. The Balaban J connectivity index is 2.50. The molecule has 2 aromatic rings. The van der Waals surface area contributed by atoms with Crippen LogP contribution in [0.2, 0.25) is 0 Å². The van der Waals surface area contributed by atoms with Crippen LogP contribution in [0.25, 0.3) is 10.2 Å². The van der Waals surface area contributed by atoms with Crippen molar-refractivity contribution in [3.8, 4) is 5.75 Å². The molecule has 0 aliphatic rings. The third-order valence-electron chi connectivity index (χ3n) is 1.94. The van der Waals surface area contributed by atoms with E-state index in [2.05, 4.69) is 17.3 Å². The number of nitrogens with zero attached hydrogens (tertiary/aromatic N) is 1. The van der Waals surface area contributed by atoms with E-state index in [1.807, 2.05) is 24.6 Å². The highest BCUT2D eigenvalue weighted by atomic mass is 32.2. The molecule has 1 heterocycles. The lowest BCUT2D eigenvalue weighted by atomic mass is 10.3. The van der Waals surface area contributed by atoms with Gasteiger partial charge in [0.25, 0.3) is 0 Å². The van der Waals surface area contributed by atoms with E-state index in [1.165, 1.54) is 4.70 Å². The van der Waals surface area contributed by atoms with Gasteiger partial charge in [-0.3, -0.25) is 0 Å². The second kappa shape index (κ2) is 3.34. The van der Waals surface area contributed by atoms with Gasteiger partial charge in [0.05, 0.1) is 6.61 Å². The molecule has 0 N–H and O–H groups in total. The van der Waals surface area contributed by atoms with Crippen molar-refractivity contribution in [2.45, 2.75) is 6.92 Å². The van der Waals surface area contributed by atoms with Crippen LogP contribution < -0.4 is 4.74 Å². The van der Waals surface area contributed by atoms with Crippen LogP contribution in [0.1, 0.15) is 6.92 Å². The molecule has 1 aromatic carbocycles. The summed E-state index contributed by atoms with van der Waals surface area (Å²) in [6.07, 6.45) is 2.18. The molecule has 1 aromatic heterocycles. The number of rotatable bonds is 2. The lowest BCUT2D eigenvalue weighted by Crippen LogP contribution is -1.90. The van der Waals surface area contributed by atoms with E-state index in [9.17, 15) is 0 Å². The summed E-state index contributed by atoms with van der Waals surface area (Å²) < 4.78 is 6.72. The summed E-state index contributed by atoms with van der Waals surface area (Å²) in [7, 11) is 0.193. The molecule has 0 saturated carbocycles. The maximum Gasteiger partial charge on any atom is 0.230 e. The Labute approximate surface area is 80.1 Å². The molecule has 0 spiro atoms. The third kappa shape index (κ3) is 1.52. The lowest BCUT2D eigenvalue weighted by molar-refractivity contribution is 0.340. The Hall–Kier alpha value is -1.09. The quantitative estimate of drug-likeness (QED) is 0.686. The van der Waals surface area contributed by atoms with Crippen LogP contribution in [-0.2, 0) is 6.26 Å². The number of hydrogen-bond acceptors (Lipinski definition) is 2. The molecule has 1 atom stereocenters. The van der Waals surface area contributed by atoms with Crippen molar-refractivity contribution in [3.63, 3.8) is 0 Å². The van der Waals surface area contributed by atoms with Gasteiger partial charge in [-0.1, -0.05) is 0 Å². The standard InChI is InChI=1S/C10H12NOS/c1-3-12-8-4-5-10-9(6-8)11-7-13(10)2/h4-7H,3H2,1-2H3/q+1. The summed E-state index contributed by atoms with van der Waals surface area (Å²) in [5.41, 5.74) is 3.07. The van der Waals surface area contributed by atoms with Gasteiger partial charge in [0.15, 0.2) is 4.70 Å². The third-order valence-corrected chi connectivity index (χ3v) is 3.40. The Morgan fingerprint density at radius 2 is 2.31 bits per heavy atom. The normalized spacial score (nSPS) is 12.0. The van der Waals surface area contributed by atoms with Gasteiger partial charge in [0.2, 0.25) is 5.51 Å². The highest BCUT2D eigenvalue weighted by Gasteiger charge is 2.09. The Kier molecular flexibility index (Phi) is 2.19. The highest BCUT2D eigenvalue weighted by molar-refractivity contribution is 7.33. The van der Waals surface area contributed by atoms with Crippen molar-refractivity contribution >= 4 is 20.7 Å². The molecular weight excluding hydrogens is 182 g/mol. The van der Waals surface area contributed by atoms with Crippen LogP contribution in [-0.4, -0.2) is 11.6 Å². The fourth-order valence-corrected chi connectivity index (χ4v) is 2.43. The Morgan fingerprint density at radius 1 is 1.46 bits per heavy atom. The van der Waals surface area contributed by atoms with E-state index in [0.29, 0.717) is 6.61 Å². The summed E-state index contributed by atoms with van der Waals surface area (Å²) in [6.45, 7) is 2.70. The van der Waals surface area contributed by atoms with Crippen LogP contribution in [0.4, 0.5) is 0 Å². The SMILES string of the molecule is CCOc1ccc2c(c1)nc[s+]2C. The zero-order valence-corrected chi connectivity index (χ0v) is 8.60. The molecule has 3 heteroatoms. The molecule has 13 heavy (non-hydrogen) atoms. The molecule has 68 valence electrons. The number of benzene rings is 1. The van der Waals surface area contributed by atoms with E-state index in [1.54, 1.807) is 0 Å². The lowest BCUT2D eigenvalue weighted by Gasteiger charge is -1.99. The molecule has 0 aliphatic heterocycles. The monoisotopic (exact) mass is 194 g/mol. The fourth-order valence-electron chi connectivity index (χ4n) is 1.32. The minimum Gasteiger partial charge on any atom is -0.494 e. The number of fused-ring (bicyclic) bond motifs is 1. The Bertz CT molecular complexity index is 422. The largest absolute Gasteiger partial charge is 0.494 e. The average molecular weight is 194 g/mol. The first kappa shape index (κ1) is 8.51. The van der Waals surface area contributed by atoms with E-state index < -0.39 is 0 Å². The number of hydrogen-bond donors (Lipinski definition) is 0. The van der Waals surface area contributed by atoms with Gasteiger partial charge in [0, 0.05) is 22.6 Å². The zero-order chi connectivity index (χ0) is 9.26. The zero-order valence-electron chi connectivity index (χ0n) is 7.78. The van der Waals surface area contributed by atoms with Crippen LogP contribution >= 0.6 is 10.5 Å². The smallest absolute Gasteiger partial charge is 0.230 e. The van der Waals surface area contributed by atoms with Gasteiger partial charge >= 0.3 is 0 Å². The van der Waals surface area contributed by atoms with Crippen molar-refractivity contribution in [2.24, 2.45) is 6.26 Å². The topological polar surface area (TPSA) is 22.1 Å². The molecule has 2 rings (SSSR count). The van der Waals surface area contributed by atoms with E-state index in [4.69, 9.17) is 4.74 Å². The number of aryl methyl sites for hydroxylation is 1. The molecule has 0 fully saturated rings. The number of ether oxygens (including phenoxy) is 1. The van der Waals surface area contributed by atoms with E-state index in [0.717, 1.165) is 11.3 Å². The van der Waals surface area contributed by atoms with Crippen molar-refractivity contribution in [1.29, 1.82) is 0 Å². The Morgan fingerprint density at radius 3 is 3.08 bits per heavy atom. The van der Waals surface area contributed by atoms with E-state index in [-0.39, 0.29) is 10.5 Å². The van der Waals surface area contributed by atoms with Gasteiger partial charge in [-0.2, -0.15) is 4.98 Å². The summed E-state index contributed by atoms with van der Waals surface area (Å²) >= 11 is 0. The van der Waals surface area contributed by atoms with Crippen LogP contribution in [0.15, 0.2) is 23.7 Å². The first-order valence-corrected chi connectivity index (χ1v) is 5.96. The van der Waals surface area contributed by atoms with Crippen molar-refractivity contribution in [3.05, 3.63) is 23.7 Å². The van der Waals surface area contributed by atoms with Crippen LogP contribution in [0, 0.1) is 0 Å². The molecular formula is C10H12NOS+. The van der Waals surface area contributed by atoms with Gasteiger partial charge in [0.1, 0.15) is 17.5 Å². The second-order valence-electron chi connectivity index (χ2n) is 2.85. The van der Waals surface area contributed by atoms with Crippen molar-refractivity contribution < 1.29 is 4.74 Å². The maximum atomic E-state index is 5.40. The first-order chi connectivity index (χ1) is 6.31. The fraction of sp³-hybridized carbons (Fsp3) is 0.300. The molecule has 1 unspecified atom stereocenters. The van der Waals surface area contributed by atoms with Gasteiger partial charge in [-0.15, -0.1) is 0 Å². The molecule has 2 nitrogen and oxygen atoms in total.